The van der Waals surface area contributed by atoms with E-state index in [9.17, 15) is 14.9 Å². The number of thiophene rings is 1. The van der Waals surface area contributed by atoms with Crippen molar-refractivity contribution >= 4 is 33.0 Å². The van der Waals surface area contributed by atoms with Crippen LogP contribution in [0.5, 0.6) is 0 Å². The second kappa shape index (κ2) is 8.81. The third-order valence-corrected chi connectivity index (χ3v) is 5.73. The molecule has 0 spiro atoms. The molecule has 28 heavy (non-hydrogen) atoms. The van der Waals surface area contributed by atoms with Crippen molar-refractivity contribution in [2.24, 2.45) is 0 Å². The molecular formula is C21H22N4O2S. The molecule has 7 heteroatoms. The Bertz CT molecular complexity index is 1110. The Kier molecular flexibility index (Phi) is 6.22. The molecule has 0 aliphatic carbocycles. The first-order valence-electron chi connectivity index (χ1n) is 9.43. The summed E-state index contributed by atoms with van der Waals surface area (Å²) in [6.45, 7) is 4.56. The maximum atomic E-state index is 13.0. The number of aryl methyl sites for hydroxylation is 2. The van der Waals surface area contributed by atoms with Crippen LogP contribution in [0.1, 0.15) is 54.0 Å². The molecule has 1 N–H and O–H groups in total. The van der Waals surface area contributed by atoms with Crippen LogP contribution in [0, 0.1) is 11.3 Å². The van der Waals surface area contributed by atoms with Gasteiger partial charge in [-0.15, -0.1) is 11.3 Å². The Hall–Kier alpha value is -2.98. The van der Waals surface area contributed by atoms with Gasteiger partial charge < -0.3 is 5.32 Å². The highest BCUT2D eigenvalue weighted by atomic mass is 32.1. The summed E-state index contributed by atoms with van der Waals surface area (Å²) in [4.78, 5) is 26.7. The van der Waals surface area contributed by atoms with E-state index in [0.717, 1.165) is 30.6 Å². The van der Waals surface area contributed by atoms with E-state index in [1.54, 1.807) is 30.3 Å². The zero-order chi connectivity index (χ0) is 20.1. The van der Waals surface area contributed by atoms with Crippen LogP contribution < -0.4 is 10.9 Å². The van der Waals surface area contributed by atoms with Gasteiger partial charge in [-0.05, 0) is 25.0 Å². The summed E-state index contributed by atoms with van der Waals surface area (Å²) in [5, 5.41) is 18.0. The van der Waals surface area contributed by atoms with Gasteiger partial charge in [-0.1, -0.05) is 44.9 Å². The molecule has 0 saturated carbocycles. The van der Waals surface area contributed by atoms with E-state index in [-0.39, 0.29) is 11.3 Å². The Morgan fingerprint density at radius 2 is 2.00 bits per heavy atom. The van der Waals surface area contributed by atoms with Crippen molar-refractivity contribution in [3.05, 3.63) is 56.8 Å². The van der Waals surface area contributed by atoms with Crippen LogP contribution in [0.15, 0.2) is 35.1 Å². The summed E-state index contributed by atoms with van der Waals surface area (Å²) >= 11 is 1.39. The number of nitrogens with one attached hydrogen (secondary N) is 1. The van der Waals surface area contributed by atoms with Gasteiger partial charge in [0.1, 0.15) is 11.1 Å². The number of nitrogens with zero attached hydrogens (tertiary/aromatic N) is 3. The number of carbonyl (C=O) groups is 1. The van der Waals surface area contributed by atoms with Crippen molar-refractivity contribution in [1.82, 2.24) is 9.78 Å². The first-order valence-corrected chi connectivity index (χ1v) is 10.2. The summed E-state index contributed by atoms with van der Waals surface area (Å²) in [6, 6.07) is 10.9. The van der Waals surface area contributed by atoms with Crippen molar-refractivity contribution in [1.29, 1.82) is 5.26 Å². The average molecular weight is 395 g/mol. The molecule has 3 rings (SSSR count). The number of amides is 1. The lowest BCUT2D eigenvalue weighted by Gasteiger charge is -2.11. The number of aromatic nitrogens is 2. The molecule has 1 aromatic carbocycles. The van der Waals surface area contributed by atoms with E-state index in [1.165, 1.54) is 16.0 Å². The van der Waals surface area contributed by atoms with Gasteiger partial charge in [-0.3, -0.25) is 9.59 Å². The van der Waals surface area contributed by atoms with Crippen LogP contribution in [0.2, 0.25) is 0 Å². The maximum absolute atomic E-state index is 13.0. The summed E-state index contributed by atoms with van der Waals surface area (Å²) in [5.74, 6) is -0.415. The number of rotatable bonds is 7. The van der Waals surface area contributed by atoms with Crippen LogP contribution in [0.25, 0.3) is 10.8 Å². The molecule has 0 aliphatic heterocycles. The molecule has 0 aliphatic rings. The fourth-order valence-electron chi connectivity index (χ4n) is 3.02. The van der Waals surface area contributed by atoms with Crippen molar-refractivity contribution in [3.8, 4) is 6.07 Å². The van der Waals surface area contributed by atoms with Gasteiger partial charge >= 0.3 is 0 Å². The van der Waals surface area contributed by atoms with Crippen LogP contribution >= 0.6 is 11.3 Å². The maximum Gasteiger partial charge on any atom is 0.277 e. The standard InChI is InChI=1S/C21H22N4O2S/c1-3-5-8-11-25-21(27)17-10-7-6-9-16(17)18(24-25)19(26)23-20-14(13-22)12-15(4-2)28-20/h6-7,9-10,12H,3-5,8,11H2,1-2H3,(H,23,26). The third kappa shape index (κ3) is 3.97. The molecule has 0 saturated heterocycles. The summed E-state index contributed by atoms with van der Waals surface area (Å²) in [6.07, 6.45) is 3.64. The number of unbranched alkanes of at least 4 members (excludes halogenated alkanes) is 2. The second-order valence-corrected chi connectivity index (χ2v) is 7.64. The van der Waals surface area contributed by atoms with Crippen LogP contribution in [0.4, 0.5) is 5.00 Å². The van der Waals surface area contributed by atoms with Crippen molar-refractivity contribution in [2.75, 3.05) is 5.32 Å². The van der Waals surface area contributed by atoms with Gasteiger partial charge in [0, 0.05) is 16.8 Å². The monoisotopic (exact) mass is 394 g/mol. The number of carbonyl (C=O) groups excluding carboxylic acids is 1. The number of anilines is 1. The Labute approximate surface area is 167 Å². The Morgan fingerprint density at radius 1 is 1.25 bits per heavy atom. The predicted octanol–water partition coefficient (Wildman–Crippen LogP) is 4.33. The summed E-state index contributed by atoms with van der Waals surface area (Å²) < 4.78 is 1.38. The largest absolute Gasteiger partial charge is 0.311 e. The Balaban J connectivity index is 2.02. The molecule has 2 heterocycles. The van der Waals surface area contributed by atoms with E-state index in [4.69, 9.17) is 0 Å². The first-order chi connectivity index (χ1) is 13.6. The summed E-state index contributed by atoms with van der Waals surface area (Å²) in [7, 11) is 0. The Morgan fingerprint density at radius 3 is 2.68 bits per heavy atom. The highest BCUT2D eigenvalue weighted by molar-refractivity contribution is 7.16. The van der Waals surface area contributed by atoms with Crippen LogP contribution in [-0.4, -0.2) is 15.7 Å². The normalized spacial score (nSPS) is 10.8. The van der Waals surface area contributed by atoms with E-state index in [0.29, 0.717) is 27.9 Å². The van der Waals surface area contributed by atoms with Gasteiger partial charge in [0.25, 0.3) is 11.5 Å². The quantitative estimate of drug-likeness (QED) is 0.604. The van der Waals surface area contributed by atoms with Gasteiger partial charge in [0.15, 0.2) is 5.69 Å². The average Bonchev–Trinajstić information content (AvgIpc) is 3.11. The van der Waals surface area contributed by atoms with E-state index in [1.807, 2.05) is 6.92 Å². The lowest BCUT2D eigenvalue weighted by molar-refractivity contribution is 0.102. The fraction of sp³-hybridized carbons (Fsp3) is 0.333. The lowest BCUT2D eigenvalue weighted by atomic mass is 10.1. The van der Waals surface area contributed by atoms with Gasteiger partial charge in [-0.2, -0.15) is 10.4 Å². The molecule has 144 valence electrons. The molecular weight excluding hydrogens is 372 g/mol. The fourth-order valence-corrected chi connectivity index (χ4v) is 3.96. The van der Waals surface area contributed by atoms with Crippen molar-refractivity contribution < 1.29 is 4.79 Å². The predicted molar refractivity (Wildman–Crippen MR) is 112 cm³/mol. The minimum absolute atomic E-state index is 0.189. The number of hydrogen-bond donors (Lipinski definition) is 1. The molecule has 0 atom stereocenters. The zero-order valence-electron chi connectivity index (χ0n) is 16.0. The number of hydrogen-bond acceptors (Lipinski definition) is 5. The molecule has 0 bridgehead atoms. The van der Waals surface area contributed by atoms with Gasteiger partial charge in [-0.25, -0.2) is 4.68 Å². The molecule has 0 fully saturated rings. The van der Waals surface area contributed by atoms with Crippen LogP contribution in [0.3, 0.4) is 0 Å². The third-order valence-electron chi connectivity index (χ3n) is 4.54. The summed E-state index contributed by atoms with van der Waals surface area (Å²) in [5.41, 5.74) is 0.447. The zero-order valence-corrected chi connectivity index (χ0v) is 16.8. The van der Waals surface area contributed by atoms with Gasteiger partial charge in [0.2, 0.25) is 0 Å². The van der Waals surface area contributed by atoms with Gasteiger partial charge in [0.05, 0.1) is 10.9 Å². The van der Waals surface area contributed by atoms with E-state index in [2.05, 4.69) is 23.4 Å². The SMILES string of the molecule is CCCCCn1nc(C(=O)Nc2sc(CC)cc2C#N)c2ccccc2c1=O. The molecule has 0 unspecified atom stereocenters. The van der Waals surface area contributed by atoms with Crippen LogP contribution in [-0.2, 0) is 13.0 Å². The molecule has 2 aromatic heterocycles. The van der Waals surface area contributed by atoms with E-state index < -0.39 is 5.91 Å². The minimum Gasteiger partial charge on any atom is -0.311 e. The number of fused-ring (bicyclic) bond motifs is 1. The molecule has 0 radical (unpaired) electrons. The van der Waals surface area contributed by atoms with Crippen molar-refractivity contribution in [3.63, 3.8) is 0 Å². The molecule has 6 nitrogen and oxygen atoms in total. The van der Waals surface area contributed by atoms with Crippen molar-refractivity contribution in [2.45, 2.75) is 46.1 Å². The highest BCUT2D eigenvalue weighted by Crippen LogP contribution is 2.28. The first kappa shape index (κ1) is 19.8. The van der Waals surface area contributed by atoms with E-state index >= 15 is 0 Å². The molecule has 1 amide bonds. The second-order valence-electron chi connectivity index (χ2n) is 6.50. The smallest absolute Gasteiger partial charge is 0.277 e. The number of nitriles is 1. The molecule has 3 aromatic rings. The topological polar surface area (TPSA) is 87.8 Å². The minimum atomic E-state index is -0.415. The highest BCUT2D eigenvalue weighted by Gasteiger charge is 2.19. The number of benzene rings is 1. The lowest BCUT2D eigenvalue weighted by Crippen LogP contribution is -2.27.